The second-order valence-electron chi connectivity index (χ2n) is 6.70. The Labute approximate surface area is 141 Å². The number of nitrogens with zero attached hydrogens (tertiary/aromatic N) is 5. The van der Waals surface area contributed by atoms with Crippen LogP contribution in [0, 0.1) is 23.0 Å². The lowest BCUT2D eigenvalue weighted by Gasteiger charge is -2.32. The van der Waals surface area contributed by atoms with E-state index in [9.17, 15) is 10.1 Å². The predicted octanol–water partition coefficient (Wildman–Crippen LogP) is 2.01. The molecular formula is C16H24N6O2. The molecule has 0 radical (unpaired) electrons. The lowest BCUT2D eigenvalue weighted by molar-refractivity contribution is -0.485. The number of nitrogens with one attached hydrogen (secondary N) is 1. The van der Waals surface area contributed by atoms with Crippen LogP contribution in [0.4, 0.5) is 0 Å². The van der Waals surface area contributed by atoms with E-state index in [0.717, 1.165) is 6.42 Å². The normalized spacial score (nSPS) is 30.6. The monoisotopic (exact) mass is 332 g/mol. The Bertz CT molecular complexity index is 680. The zero-order chi connectivity index (χ0) is 17.3. The lowest BCUT2D eigenvalue weighted by Crippen LogP contribution is -2.49. The van der Waals surface area contributed by atoms with Crippen LogP contribution in [0.1, 0.15) is 45.4 Å². The molecule has 1 aliphatic carbocycles. The van der Waals surface area contributed by atoms with Gasteiger partial charge in [0, 0.05) is 23.4 Å². The maximum Gasteiger partial charge on any atom is 0.307 e. The molecule has 3 unspecified atom stereocenters. The Morgan fingerprint density at radius 3 is 2.67 bits per heavy atom. The van der Waals surface area contributed by atoms with Crippen molar-refractivity contribution < 1.29 is 4.92 Å². The van der Waals surface area contributed by atoms with E-state index in [1.807, 2.05) is 6.92 Å². The molecule has 2 aliphatic rings. The van der Waals surface area contributed by atoms with E-state index < -0.39 is 12.3 Å². The quantitative estimate of drug-likeness (QED) is 0.676. The topological polar surface area (TPSA) is 97.7 Å². The molecule has 0 spiro atoms. The molecule has 1 aromatic rings. The van der Waals surface area contributed by atoms with Crippen molar-refractivity contribution in [2.45, 2.75) is 64.8 Å². The molecule has 8 nitrogen and oxygen atoms in total. The third-order valence-electron chi connectivity index (χ3n) is 4.98. The van der Waals surface area contributed by atoms with Crippen molar-refractivity contribution in [1.82, 2.24) is 14.9 Å². The molecule has 1 saturated carbocycles. The van der Waals surface area contributed by atoms with Gasteiger partial charge in [-0.05, 0) is 32.6 Å². The molecule has 1 aliphatic heterocycles. The van der Waals surface area contributed by atoms with E-state index in [4.69, 9.17) is 0 Å². The van der Waals surface area contributed by atoms with Crippen LogP contribution in [-0.4, -0.2) is 44.4 Å². The van der Waals surface area contributed by atoms with Gasteiger partial charge in [0.25, 0.3) is 0 Å². The summed E-state index contributed by atoms with van der Waals surface area (Å²) < 4.78 is 1.69. The van der Waals surface area contributed by atoms with Gasteiger partial charge in [-0.1, -0.05) is 19.8 Å². The lowest BCUT2D eigenvalue weighted by atomic mass is 9.86. The summed E-state index contributed by atoms with van der Waals surface area (Å²) in [7, 11) is 0. The van der Waals surface area contributed by atoms with E-state index in [1.54, 1.807) is 23.9 Å². The van der Waals surface area contributed by atoms with Crippen molar-refractivity contribution in [2.75, 3.05) is 0 Å². The smallest absolute Gasteiger partial charge is 0.286 e. The summed E-state index contributed by atoms with van der Waals surface area (Å²) in [6.45, 7) is 5.75. The van der Waals surface area contributed by atoms with Gasteiger partial charge in [-0.15, -0.1) is 0 Å². The molecule has 130 valence electrons. The standard InChI is InChI=1S/C16H24N6O2/c1-10-6-4-5-7-13(10)19-16-18-11(2)14(22(23)24)15(20-16)21-9-8-17-12(21)3/h8-10,13-14,16,19H,4-7H2,1-3H3/t10-,13?,14?,16?/m0/s1. The second-order valence-corrected chi connectivity index (χ2v) is 6.70. The number of rotatable bonds is 3. The highest BCUT2D eigenvalue weighted by Gasteiger charge is 2.37. The summed E-state index contributed by atoms with van der Waals surface area (Å²) >= 11 is 0. The van der Waals surface area contributed by atoms with Gasteiger partial charge in [0.15, 0.2) is 12.1 Å². The number of aromatic nitrogens is 2. The van der Waals surface area contributed by atoms with Crippen LogP contribution in [0.2, 0.25) is 0 Å². The summed E-state index contributed by atoms with van der Waals surface area (Å²) in [4.78, 5) is 24.4. The second kappa shape index (κ2) is 6.80. The molecule has 24 heavy (non-hydrogen) atoms. The number of imidazole rings is 1. The van der Waals surface area contributed by atoms with Crippen LogP contribution in [0.15, 0.2) is 22.4 Å². The molecule has 1 aromatic heterocycles. The van der Waals surface area contributed by atoms with Gasteiger partial charge < -0.3 is 0 Å². The number of hydrogen-bond donors (Lipinski definition) is 1. The Morgan fingerprint density at radius 1 is 1.29 bits per heavy atom. The van der Waals surface area contributed by atoms with Gasteiger partial charge in [0.1, 0.15) is 5.82 Å². The van der Waals surface area contributed by atoms with Gasteiger partial charge >= 0.3 is 6.04 Å². The van der Waals surface area contributed by atoms with Crippen LogP contribution >= 0.6 is 0 Å². The van der Waals surface area contributed by atoms with E-state index in [2.05, 4.69) is 27.2 Å². The molecule has 1 fully saturated rings. The Morgan fingerprint density at radius 2 is 2.04 bits per heavy atom. The van der Waals surface area contributed by atoms with E-state index in [1.165, 1.54) is 19.3 Å². The first kappa shape index (κ1) is 16.8. The summed E-state index contributed by atoms with van der Waals surface area (Å²) in [5, 5.41) is 15.0. The first-order valence-corrected chi connectivity index (χ1v) is 8.49. The van der Waals surface area contributed by atoms with Crippen molar-refractivity contribution in [3.05, 3.63) is 28.3 Å². The zero-order valence-corrected chi connectivity index (χ0v) is 14.3. The fraction of sp³-hybridized carbons (Fsp3) is 0.688. The van der Waals surface area contributed by atoms with Crippen LogP contribution in [0.3, 0.4) is 0 Å². The van der Waals surface area contributed by atoms with Crippen molar-refractivity contribution in [3.63, 3.8) is 0 Å². The highest BCUT2D eigenvalue weighted by atomic mass is 16.6. The summed E-state index contributed by atoms with van der Waals surface area (Å²) in [6, 6.07) is -0.680. The maximum absolute atomic E-state index is 11.5. The maximum atomic E-state index is 11.5. The van der Waals surface area contributed by atoms with Crippen LogP contribution in [0.5, 0.6) is 0 Å². The van der Waals surface area contributed by atoms with Gasteiger partial charge in [0.05, 0.1) is 5.71 Å². The zero-order valence-electron chi connectivity index (χ0n) is 14.3. The molecule has 0 saturated heterocycles. The fourth-order valence-electron chi connectivity index (χ4n) is 3.57. The largest absolute Gasteiger partial charge is 0.307 e. The number of hydrogen-bond acceptors (Lipinski definition) is 6. The summed E-state index contributed by atoms with van der Waals surface area (Å²) in [6.07, 6.45) is 7.63. The average molecular weight is 332 g/mol. The number of aliphatic imine (C=N–C) groups is 2. The summed E-state index contributed by atoms with van der Waals surface area (Å²) in [5.74, 6) is 1.62. The minimum Gasteiger partial charge on any atom is -0.286 e. The minimum absolute atomic E-state index is 0.337. The Hall–Kier alpha value is -2.09. The Kier molecular flexibility index (Phi) is 4.75. The molecule has 2 heterocycles. The van der Waals surface area contributed by atoms with Crippen LogP contribution in [-0.2, 0) is 0 Å². The van der Waals surface area contributed by atoms with Crippen molar-refractivity contribution in [1.29, 1.82) is 0 Å². The molecule has 4 atom stereocenters. The summed E-state index contributed by atoms with van der Waals surface area (Å²) in [5.41, 5.74) is 0.471. The van der Waals surface area contributed by atoms with Crippen molar-refractivity contribution in [3.8, 4) is 0 Å². The van der Waals surface area contributed by atoms with Crippen LogP contribution in [0.25, 0.3) is 0 Å². The number of aryl methyl sites for hydroxylation is 1. The third-order valence-corrected chi connectivity index (χ3v) is 4.98. The molecule has 8 heteroatoms. The first-order chi connectivity index (χ1) is 11.5. The molecule has 3 rings (SSSR count). The fourth-order valence-corrected chi connectivity index (χ4v) is 3.57. The van der Waals surface area contributed by atoms with E-state index in [-0.39, 0.29) is 4.92 Å². The van der Waals surface area contributed by atoms with E-state index >= 15 is 0 Å². The van der Waals surface area contributed by atoms with Gasteiger partial charge in [-0.2, -0.15) is 0 Å². The number of nitro groups is 1. The highest BCUT2D eigenvalue weighted by Crippen LogP contribution is 2.25. The molecule has 0 bridgehead atoms. The van der Waals surface area contributed by atoms with Crippen molar-refractivity contribution in [2.24, 2.45) is 15.9 Å². The molecule has 0 amide bonds. The SMILES string of the molecule is CC1=NC(NC2CCCC[C@@H]2C)N=C(n2ccnc2C)C1[N+](=O)[O-]. The van der Waals surface area contributed by atoms with Crippen molar-refractivity contribution >= 4 is 11.5 Å². The average Bonchev–Trinajstić information content (AvgIpc) is 2.94. The van der Waals surface area contributed by atoms with E-state index in [0.29, 0.717) is 29.3 Å². The van der Waals surface area contributed by atoms with Gasteiger partial charge in [-0.3, -0.25) is 20.0 Å². The Balaban J connectivity index is 1.89. The minimum atomic E-state index is -1.03. The van der Waals surface area contributed by atoms with Gasteiger partial charge in [-0.25, -0.2) is 15.0 Å². The third kappa shape index (κ3) is 3.24. The molecule has 0 aromatic carbocycles. The molecular weight excluding hydrogens is 308 g/mol. The predicted molar refractivity (Wildman–Crippen MR) is 92.0 cm³/mol. The first-order valence-electron chi connectivity index (χ1n) is 8.49. The van der Waals surface area contributed by atoms with Gasteiger partial charge in [0.2, 0.25) is 0 Å². The molecule has 1 N–H and O–H groups in total. The van der Waals surface area contributed by atoms with Crippen LogP contribution < -0.4 is 5.32 Å². The highest BCUT2D eigenvalue weighted by molar-refractivity contribution is 6.10.